The van der Waals surface area contributed by atoms with E-state index in [1.54, 1.807) is 31.2 Å². The third kappa shape index (κ3) is 1.48. The molecule has 16 heavy (non-hydrogen) atoms. The molecule has 0 unspecified atom stereocenters. The van der Waals surface area contributed by atoms with Crippen molar-refractivity contribution >= 4 is 16.9 Å². The second-order valence-corrected chi connectivity index (χ2v) is 3.49. The van der Waals surface area contributed by atoms with Gasteiger partial charge in [-0.15, -0.1) is 0 Å². The molecule has 4 nitrogen and oxygen atoms in total. The summed E-state index contributed by atoms with van der Waals surface area (Å²) < 4.78 is 0. The molecule has 2 rings (SSSR count). The number of aromatic amines is 1. The Hall–Kier alpha value is -2.10. The second kappa shape index (κ2) is 3.81. The molecule has 0 aliphatic carbocycles. The normalized spacial score (nSPS) is 10.6. The number of carbonyl (C=O) groups excluding carboxylic acids is 1. The van der Waals surface area contributed by atoms with Crippen LogP contribution < -0.4 is 10.7 Å². The quantitative estimate of drug-likeness (QED) is 0.792. The van der Waals surface area contributed by atoms with Crippen molar-refractivity contribution in [2.45, 2.75) is 13.3 Å². The Morgan fingerprint density at radius 2 is 2.06 bits per heavy atom. The van der Waals surface area contributed by atoms with Gasteiger partial charge in [-0.05, 0) is 12.5 Å². The molecule has 0 aliphatic rings. The summed E-state index contributed by atoms with van der Waals surface area (Å²) in [4.78, 5) is 25.4. The van der Waals surface area contributed by atoms with Crippen LogP contribution in [0.5, 0.6) is 0 Å². The Labute approximate surface area is 91.5 Å². The summed E-state index contributed by atoms with van der Waals surface area (Å²) in [7, 11) is 0. The Balaban J connectivity index is 2.99. The standard InChI is InChI=1S/C12H11NO3/c1-2-7-10(12(15)16)8-5-3-4-6-9(8)13-11(7)14/h3-6H,2H2,1H3,(H,13,14)(H,15,16)/p-1. The van der Waals surface area contributed by atoms with Gasteiger partial charge in [0.2, 0.25) is 0 Å². The minimum absolute atomic E-state index is 0.00171. The number of carboxylic acid groups (broad SMARTS) is 1. The van der Waals surface area contributed by atoms with Crippen molar-refractivity contribution in [3.8, 4) is 0 Å². The fourth-order valence-electron chi connectivity index (χ4n) is 1.85. The monoisotopic (exact) mass is 216 g/mol. The molecule has 0 spiro atoms. The van der Waals surface area contributed by atoms with E-state index in [-0.39, 0.29) is 16.7 Å². The number of aromatic nitrogens is 1. The van der Waals surface area contributed by atoms with Crippen LogP contribution in [0.2, 0.25) is 0 Å². The fourth-order valence-corrected chi connectivity index (χ4v) is 1.85. The average molecular weight is 216 g/mol. The molecule has 0 bridgehead atoms. The molecule has 0 saturated heterocycles. The Morgan fingerprint density at radius 1 is 1.38 bits per heavy atom. The molecule has 0 radical (unpaired) electrons. The van der Waals surface area contributed by atoms with Crippen LogP contribution in [0.4, 0.5) is 0 Å². The average Bonchev–Trinajstić information content (AvgIpc) is 2.26. The number of hydrogen-bond acceptors (Lipinski definition) is 3. The topological polar surface area (TPSA) is 73.0 Å². The molecule has 0 aliphatic heterocycles. The lowest BCUT2D eigenvalue weighted by molar-refractivity contribution is -0.254. The van der Waals surface area contributed by atoms with Crippen LogP contribution in [-0.2, 0) is 6.42 Å². The van der Waals surface area contributed by atoms with Gasteiger partial charge >= 0.3 is 0 Å². The molecule has 0 fully saturated rings. The lowest BCUT2D eigenvalue weighted by atomic mass is 10.0. The summed E-state index contributed by atoms with van der Waals surface area (Å²) in [5, 5.41) is 11.6. The van der Waals surface area contributed by atoms with E-state index >= 15 is 0 Å². The van der Waals surface area contributed by atoms with Crippen molar-refractivity contribution in [1.82, 2.24) is 4.98 Å². The zero-order valence-corrected chi connectivity index (χ0v) is 8.74. The van der Waals surface area contributed by atoms with Gasteiger partial charge in [0.15, 0.2) is 0 Å². The van der Waals surface area contributed by atoms with Crippen LogP contribution in [0.25, 0.3) is 10.9 Å². The summed E-state index contributed by atoms with van der Waals surface area (Å²) in [5.74, 6) is -1.31. The number of carbonyl (C=O) groups is 1. The highest BCUT2D eigenvalue weighted by Gasteiger charge is 2.11. The Bertz CT molecular complexity index is 613. The summed E-state index contributed by atoms with van der Waals surface area (Å²) >= 11 is 0. The van der Waals surface area contributed by atoms with Gasteiger partial charge in [0, 0.05) is 22.0 Å². The van der Waals surface area contributed by atoms with Gasteiger partial charge in [-0.2, -0.15) is 0 Å². The van der Waals surface area contributed by atoms with Crippen LogP contribution in [0.1, 0.15) is 22.8 Å². The summed E-state index contributed by atoms with van der Waals surface area (Å²) in [5.41, 5.74) is 0.421. The number of aromatic carboxylic acids is 1. The first-order chi connectivity index (χ1) is 7.65. The van der Waals surface area contributed by atoms with Crippen molar-refractivity contribution in [3.63, 3.8) is 0 Å². The smallest absolute Gasteiger partial charge is 0.252 e. The Kier molecular flexibility index (Phi) is 2.48. The number of hydrogen-bond donors (Lipinski definition) is 1. The lowest BCUT2D eigenvalue weighted by Gasteiger charge is -2.11. The van der Waals surface area contributed by atoms with E-state index in [1.807, 2.05) is 0 Å². The van der Waals surface area contributed by atoms with Gasteiger partial charge in [0.1, 0.15) is 0 Å². The van der Waals surface area contributed by atoms with E-state index in [9.17, 15) is 14.7 Å². The van der Waals surface area contributed by atoms with Gasteiger partial charge in [0.25, 0.3) is 5.56 Å². The fraction of sp³-hybridized carbons (Fsp3) is 0.167. The van der Waals surface area contributed by atoms with Crippen LogP contribution in [0, 0.1) is 0 Å². The van der Waals surface area contributed by atoms with E-state index < -0.39 is 5.97 Å². The maximum Gasteiger partial charge on any atom is 0.252 e. The first kappa shape index (κ1) is 10.4. The molecule has 82 valence electrons. The number of fused-ring (bicyclic) bond motifs is 1. The highest BCUT2D eigenvalue weighted by molar-refractivity contribution is 6.02. The largest absolute Gasteiger partial charge is 0.545 e. The maximum absolute atomic E-state index is 11.6. The Morgan fingerprint density at radius 3 is 2.69 bits per heavy atom. The van der Waals surface area contributed by atoms with E-state index in [4.69, 9.17) is 0 Å². The highest BCUT2D eigenvalue weighted by atomic mass is 16.4. The van der Waals surface area contributed by atoms with Gasteiger partial charge < -0.3 is 14.9 Å². The van der Waals surface area contributed by atoms with Crippen LogP contribution in [0.3, 0.4) is 0 Å². The number of pyridine rings is 1. The predicted molar refractivity (Wildman–Crippen MR) is 58.3 cm³/mol. The molecule has 0 atom stereocenters. The molecule has 0 saturated carbocycles. The van der Waals surface area contributed by atoms with Gasteiger partial charge in [0.05, 0.1) is 5.97 Å². The van der Waals surface area contributed by atoms with Crippen molar-refractivity contribution in [1.29, 1.82) is 0 Å². The number of nitrogens with one attached hydrogen (secondary N) is 1. The molecule has 0 amide bonds. The van der Waals surface area contributed by atoms with Crippen LogP contribution in [-0.4, -0.2) is 11.0 Å². The van der Waals surface area contributed by atoms with Crippen molar-refractivity contribution in [2.75, 3.05) is 0 Å². The molecule has 1 aromatic carbocycles. The molecular weight excluding hydrogens is 206 g/mol. The van der Waals surface area contributed by atoms with Crippen molar-refractivity contribution in [2.24, 2.45) is 0 Å². The summed E-state index contributed by atoms with van der Waals surface area (Å²) in [6.45, 7) is 1.74. The second-order valence-electron chi connectivity index (χ2n) is 3.49. The summed E-state index contributed by atoms with van der Waals surface area (Å²) in [6.07, 6.45) is 0.365. The number of para-hydroxylation sites is 1. The SMILES string of the molecule is CCc1c(C(=O)[O-])c2ccccc2[nH]c1=O. The van der Waals surface area contributed by atoms with Crippen molar-refractivity contribution < 1.29 is 9.90 Å². The lowest BCUT2D eigenvalue weighted by Crippen LogP contribution is -2.28. The minimum Gasteiger partial charge on any atom is -0.545 e. The van der Waals surface area contributed by atoms with Crippen LogP contribution >= 0.6 is 0 Å². The molecule has 2 aromatic rings. The van der Waals surface area contributed by atoms with Gasteiger partial charge in [-0.1, -0.05) is 25.1 Å². The molecule has 1 N–H and O–H groups in total. The van der Waals surface area contributed by atoms with E-state index in [2.05, 4.69) is 4.98 Å². The number of H-pyrrole nitrogens is 1. The van der Waals surface area contributed by atoms with E-state index in [0.29, 0.717) is 17.3 Å². The highest BCUT2D eigenvalue weighted by Crippen LogP contribution is 2.17. The van der Waals surface area contributed by atoms with Gasteiger partial charge in [-0.3, -0.25) is 4.79 Å². The van der Waals surface area contributed by atoms with Crippen LogP contribution in [0.15, 0.2) is 29.1 Å². The zero-order chi connectivity index (χ0) is 11.7. The third-order valence-electron chi connectivity index (χ3n) is 2.58. The number of benzene rings is 1. The molecule has 4 heteroatoms. The van der Waals surface area contributed by atoms with E-state index in [0.717, 1.165) is 0 Å². The number of carboxylic acids is 1. The molecule has 1 aromatic heterocycles. The first-order valence-electron chi connectivity index (χ1n) is 5.00. The van der Waals surface area contributed by atoms with Gasteiger partial charge in [-0.25, -0.2) is 0 Å². The maximum atomic E-state index is 11.6. The van der Waals surface area contributed by atoms with Crippen molar-refractivity contribution in [3.05, 3.63) is 45.7 Å². The molecular formula is C12H10NO3-. The number of rotatable bonds is 2. The zero-order valence-electron chi connectivity index (χ0n) is 8.74. The summed E-state index contributed by atoms with van der Waals surface area (Å²) in [6, 6.07) is 6.80. The molecule has 1 heterocycles. The first-order valence-corrected chi connectivity index (χ1v) is 5.00. The third-order valence-corrected chi connectivity index (χ3v) is 2.58. The minimum atomic E-state index is -1.31. The van der Waals surface area contributed by atoms with E-state index in [1.165, 1.54) is 0 Å². The predicted octanol–water partition coefficient (Wildman–Crippen LogP) is 0.454.